The molecule has 7 heteroatoms. The van der Waals surface area contributed by atoms with E-state index in [0.717, 1.165) is 4.90 Å². The normalized spacial score (nSPS) is 13.0. The minimum atomic E-state index is -0.250. The smallest absolute Gasteiger partial charge is 0.261 e. The number of amides is 3. The van der Waals surface area contributed by atoms with Gasteiger partial charge in [0.25, 0.3) is 17.7 Å². The van der Waals surface area contributed by atoms with Crippen molar-refractivity contribution in [3.63, 3.8) is 0 Å². The van der Waals surface area contributed by atoms with Crippen LogP contribution in [0.4, 0.5) is 0 Å². The zero-order valence-corrected chi connectivity index (χ0v) is 16.4. The number of rotatable bonds is 7. The first-order valence-electron chi connectivity index (χ1n) is 8.60. The van der Waals surface area contributed by atoms with Crippen LogP contribution in [0.25, 0.3) is 0 Å². The SMILES string of the molecule is CSc1ccc(Cl)c(C(=O)NCCCCN2C(=O)c3ccccc3C2=O)c1. The molecule has 1 N–H and O–H groups in total. The Bertz CT molecular complexity index is 866. The third-order valence-electron chi connectivity index (χ3n) is 4.39. The number of fused-ring (bicyclic) bond motifs is 1. The highest BCUT2D eigenvalue weighted by molar-refractivity contribution is 7.98. The lowest BCUT2D eigenvalue weighted by atomic mass is 10.1. The Morgan fingerprint density at radius 2 is 1.74 bits per heavy atom. The summed E-state index contributed by atoms with van der Waals surface area (Å²) in [5.41, 5.74) is 1.36. The van der Waals surface area contributed by atoms with E-state index in [9.17, 15) is 14.4 Å². The van der Waals surface area contributed by atoms with Gasteiger partial charge in [0.1, 0.15) is 0 Å². The van der Waals surface area contributed by atoms with Gasteiger partial charge in [-0.3, -0.25) is 19.3 Å². The van der Waals surface area contributed by atoms with Crippen LogP contribution in [0.5, 0.6) is 0 Å². The molecule has 2 aromatic rings. The van der Waals surface area contributed by atoms with E-state index in [1.807, 2.05) is 12.3 Å². The summed E-state index contributed by atoms with van der Waals surface area (Å²) in [7, 11) is 0. The summed E-state index contributed by atoms with van der Waals surface area (Å²) >= 11 is 7.64. The van der Waals surface area contributed by atoms with Crippen molar-refractivity contribution in [1.29, 1.82) is 0 Å². The van der Waals surface area contributed by atoms with Crippen molar-refractivity contribution >= 4 is 41.1 Å². The average molecular weight is 403 g/mol. The van der Waals surface area contributed by atoms with Gasteiger partial charge in [-0.15, -0.1) is 11.8 Å². The van der Waals surface area contributed by atoms with Crippen molar-refractivity contribution in [3.05, 3.63) is 64.2 Å². The van der Waals surface area contributed by atoms with Crippen LogP contribution in [-0.2, 0) is 0 Å². The number of unbranched alkanes of at least 4 members (excludes halogenated alkanes) is 1. The van der Waals surface area contributed by atoms with Crippen molar-refractivity contribution in [2.45, 2.75) is 17.7 Å². The molecule has 1 heterocycles. The second kappa shape index (κ2) is 8.59. The van der Waals surface area contributed by atoms with Gasteiger partial charge < -0.3 is 5.32 Å². The molecule has 1 aliphatic heterocycles. The monoisotopic (exact) mass is 402 g/mol. The fraction of sp³-hybridized carbons (Fsp3) is 0.250. The first-order chi connectivity index (χ1) is 13.0. The number of benzene rings is 2. The molecule has 0 saturated carbocycles. The van der Waals surface area contributed by atoms with E-state index in [0.29, 0.717) is 47.6 Å². The van der Waals surface area contributed by atoms with Gasteiger partial charge in [0.2, 0.25) is 0 Å². The second-order valence-corrected chi connectivity index (χ2v) is 7.40. The molecule has 0 unspecified atom stereocenters. The average Bonchev–Trinajstić information content (AvgIpc) is 2.93. The van der Waals surface area contributed by atoms with E-state index in [-0.39, 0.29) is 17.7 Å². The molecule has 1 aliphatic rings. The van der Waals surface area contributed by atoms with Crippen LogP contribution < -0.4 is 5.32 Å². The van der Waals surface area contributed by atoms with Crippen molar-refractivity contribution in [3.8, 4) is 0 Å². The van der Waals surface area contributed by atoms with Crippen molar-refractivity contribution < 1.29 is 14.4 Å². The largest absolute Gasteiger partial charge is 0.352 e. The van der Waals surface area contributed by atoms with Gasteiger partial charge in [0.15, 0.2) is 0 Å². The maximum Gasteiger partial charge on any atom is 0.261 e. The van der Waals surface area contributed by atoms with Crippen molar-refractivity contribution in [1.82, 2.24) is 10.2 Å². The number of halogens is 1. The Hall–Kier alpha value is -2.31. The molecule has 0 radical (unpaired) electrons. The molecule has 3 rings (SSSR count). The van der Waals surface area contributed by atoms with Crippen LogP contribution in [0.3, 0.4) is 0 Å². The number of carbonyl (C=O) groups excluding carboxylic acids is 3. The van der Waals surface area contributed by atoms with Gasteiger partial charge in [0.05, 0.1) is 21.7 Å². The molecule has 0 spiro atoms. The maximum absolute atomic E-state index is 12.3. The summed E-state index contributed by atoms with van der Waals surface area (Å²) in [5, 5.41) is 3.25. The number of thioether (sulfide) groups is 1. The van der Waals surface area contributed by atoms with Gasteiger partial charge in [-0.2, -0.15) is 0 Å². The van der Waals surface area contributed by atoms with E-state index in [2.05, 4.69) is 5.32 Å². The third kappa shape index (κ3) is 4.17. The van der Waals surface area contributed by atoms with Gasteiger partial charge >= 0.3 is 0 Å². The van der Waals surface area contributed by atoms with Crippen LogP contribution >= 0.6 is 23.4 Å². The van der Waals surface area contributed by atoms with E-state index in [4.69, 9.17) is 11.6 Å². The maximum atomic E-state index is 12.3. The summed E-state index contributed by atoms with van der Waals surface area (Å²) in [6.07, 6.45) is 3.20. The van der Waals surface area contributed by atoms with Gasteiger partial charge in [0, 0.05) is 18.0 Å². The van der Waals surface area contributed by atoms with Crippen LogP contribution in [0.1, 0.15) is 43.9 Å². The zero-order valence-electron chi connectivity index (χ0n) is 14.8. The Morgan fingerprint density at radius 3 is 2.37 bits per heavy atom. The molecule has 5 nitrogen and oxygen atoms in total. The highest BCUT2D eigenvalue weighted by atomic mass is 35.5. The molecule has 0 aromatic heterocycles. The molecule has 3 amide bonds. The summed E-state index contributed by atoms with van der Waals surface area (Å²) in [5.74, 6) is -0.725. The fourth-order valence-corrected chi connectivity index (χ4v) is 3.58. The third-order valence-corrected chi connectivity index (χ3v) is 5.45. The second-order valence-electron chi connectivity index (χ2n) is 6.12. The molecular formula is C20H19ClN2O3S. The van der Waals surface area contributed by atoms with Gasteiger partial charge in [-0.25, -0.2) is 0 Å². The summed E-state index contributed by atoms with van der Waals surface area (Å²) < 4.78 is 0. The molecule has 0 bridgehead atoms. The van der Waals surface area contributed by atoms with Crippen molar-refractivity contribution in [2.75, 3.05) is 19.3 Å². The molecular weight excluding hydrogens is 384 g/mol. The zero-order chi connectivity index (χ0) is 19.4. The Kier molecular flexibility index (Phi) is 6.19. The summed E-state index contributed by atoms with van der Waals surface area (Å²) in [4.78, 5) is 39.1. The molecule has 0 aliphatic carbocycles. The Morgan fingerprint density at radius 1 is 1.07 bits per heavy atom. The number of nitrogens with zero attached hydrogens (tertiary/aromatic N) is 1. The number of carbonyl (C=O) groups is 3. The van der Waals surface area contributed by atoms with Gasteiger partial charge in [-0.05, 0) is 49.4 Å². The number of nitrogens with one attached hydrogen (secondary N) is 1. The first-order valence-corrected chi connectivity index (χ1v) is 10.2. The Labute approximate surface area is 167 Å². The van der Waals surface area contributed by atoms with Crippen molar-refractivity contribution in [2.24, 2.45) is 0 Å². The summed E-state index contributed by atoms with van der Waals surface area (Å²) in [6.45, 7) is 0.784. The van der Waals surface area contributed by atoms with Crippen LogP contribution in [-0.4, -0.2) is 42.0 Å². The van der Waals surface area contributed by atoms with E-state index in [1.54, 1.807) is 48.2 Å². The van der Waals surface area contributed by atoms with Gasteiger partial charge in [-0.1, -0.05) is 23.7 Å². The molecule has 0 saturated heterocycles. The van der Waals surface area contributed by atoms with E-state index < -0.39 is 0 Å². The van der Waals surface area contributed by atoms with Crippen LogP contribution in [0.2, 0.25) is 5.02 Å². The minimum Gasteiger partial charge on any atom is -0.352 e. The molecule has 140 valence electrons. The molecule has 0 atom stereocenters. The standard InChI is InChI=1S/C20H19ClN2O3S/c1-27-13-8-9-17(21)16(12-13)18(24)22-10-4-5-11-23-19(25)14-6-2-3-7-15(14)20(23)26/h2-3,6-9,12H,4-5,10-11H2,1H3,(H,22,24). The number of hydrogen-bond acceptors (Lipinski definition) is 4. The number of imide groups is 1. The lowest BCUT2D eigenvalue weighted by Gasteiger charge is -2.13. The lowest BCUT2D eigenvalue weighted by molar-refractivity contribution is 0.0650. The molecule has 27 heavy (non-hydrogen) atoms. The predicted octanol–water partition coefficient (Wildman–Crippen LogP) is 3.87. The van der Waals surface area contributed by atoms with Crippen LogP contribution in [0.15, 0.2) is 47.4 Å². The van der Waals surface area contributed by atoms with E-state index >= 15 is 0 Å². The fourth-order valence-electron chi connectivity index (χ4n) is 2.94. The molecule has 2 aromatic carbocycles. The summed E-state index contributed by atoms with van der Waals surface area (Å²) in [6, 6.07) is 12.2. The Balaban J connectivity index is 1.47. The highest BCUT2D eigenvalue weighted by Crippen LogP contribution is 2.24. The quantitative estimate of drug-likeness (QED) is 0.433. The predicted molar refractivity (Wildman–Crippen MR) is 107 cm³/mol. The highest BCUT2D eigenvalue weighted by Gasteiger charge is 2.34. The topological polar surface area (TPSA) is 66.5 Å². The first kappa shape index (κ1) is 19.5. The van der Waals surface area contributed by atoms with E-state index in [1.165, 1.54) is 4.90 Å². The van der Waals surface area contributed by atoms with Crippen LogP contribution in [0, 0.1) is 0 Å². The molecule has 0 fully saturated rings. The number of hydrogen-bond donors (Lipinski definition) is 1. The minimum absolute atomic E-state index is 0.225. The lowest BCUT2D eigenvalue weighted by Crippen LogP contribution is -2.31.